The maximum atomic E-state index is 13.3. The van der Waals surface area contributed by atoms with E-state index in [9.17, 15) is 36.6 Å². The molecular formula is C30H35N5O8S2. The smallest absolute Gasteiger partial charge is 0.322 e. The average molecular weight is 658 g/mol. The zero-order chi connectivity index (χ0) is 33.1. The normalized spacial score (nSPS) is 13.4. The highest BCUT2D eigenvalue weighted by molar-refractivity contribution is 7.90. The number of benzene rings is 4. The summed E-state index contributed by atoms with van der Waals surface area (Å²) in [6.45, 7) is -1.43. The molecule has 0 saturated heterocycles. The molecule has 0 amide bonds. The molecule has 0 aliphatic rings. The molecule has 0 aliphatic carbocycles. The van der Waals surface area contributed by atoms with Crippen LogP contribution < -0.4 is 24.6 Å². The van der Waals surface area contributed by atoms with Crippen LogP contribution in [0.5, 0.6) is 0 Å². The van der Waals surface area contributed by atoms with Gasteiger partial charge in [-0.05, 0) is 24.3 Å². The second kappa shape index (κ2) is 13.4. The van der Waals surface area contributed by atoms with Crippen molar-refractivity contribution < 1.29 is 36.6 Å². The minimum absolute atomic E-state index is 0.0807. The van der Waals surface area contributed by atoms with Crippen LogP contribution in [-0.4, -0.2) is 92.4 Å². The lowest BCUT2D eigenvalue weighted by molar-refractivity contribution is -0.142. The third-order valence-electron chi connectivity index (χ3n) is 7.21. The Kier molecular flexibility index (Phi) is 9.99. The summed E-state index contributed by atoms with van der Waals surface area (Å²) in [5, 5.41) is 24.1. The molecule has 0 spiro atoms. The van der Waals surface area contributed by atoms with Crippen molar-refractivity contribution in [2.75, 3.05) is 51.1 Å². The van der Waals surface area contributed by atoms with Crippen molar-refractivity contribution in [1.29, 1.82) is 0 Å². The van der Waals surface area contributed by atoms with Gasteiger partial charge in [-0.1, -0.05) is 48.5 Å². The second-order valence-corrected chi connectivity index (χ2v) is 14.2. The van der Waals surface area contributed by atoms with Crippen LogP contribution in [0.2, 0.25) is 0 Å². The van der Waals surface area contributed by atoms with E-state index in [1.807, 2.05) is 50.1 Å². The third-order valence-corrected chi connectivity index (χ3v) is 10.2. The van der Waals surface area contributed by atoms with Gasteiger partial charge < -0.3 is 20.0 Å². The molecule has 15 heteroatoms. The van der Waals surface area contributed by atoms with Gasteiger partial charge in [0, 0.05) is 74.2 Å². The largest absolute Gasteiger partial charge is 0.480 e. The van der Waals surface area contributed by atoms with E-state index in [1.165, 1.54) is 12.1 Å². The number of carboxylic acid groups (broad SMARTS) is 2. The summed E-state index contributed by atoms with van der Waals surface area (Å²) in [4.78, 5) is 27.6. The Hall–Kier alpha value is -4.28. The second-order valence-electron chi connectivity index (χ2n) is 10.7. The number of rotatable bonds is 14. The zero-order valence-electron chi connectivity index (χ0n) is 25.1. The van der Waals surface area contributed by atoms with Crippen LogP contribution in [0.3, 0.4) is 0 Å². The van der Waals surface area contributed by atoms with Gasteiger partial charge in [0.15, 0.2) is 0 Å². The van der Waals surface area contributed by atoms with E-state index in [4.69, 9.17) is 0 Å². The predicted molar refractivity (Wildman–Crippen MR) is 173 cm³/mol. The molecule has 4 aromatic rings. The maximum Gasteiger partial charge on any atom is 0.322 e. The predicted octanol–water partition coefficient (Wildman–Crippen LogP) is 1.88. The molecule has 0 fully saturated rings. The topological polar surface area (TPSA) is 185 Å². The summed E-state index contributed by atoms with van der Waals surface area (Å²) in [6, 6.07) is 16.4. The number of nitrogens with one attached hydrogen (secondary N) is 3. The maximum absolute atomic E-state index is 13.3. The van der Waals surface area contributed by atoms with Crippen LogP contribution in [0.4, 0.5) is 11.4 Å². The van der Waals surface area contributed by atoms with E-state index in [0.29, 0.717) is 21.5 Å². The highest BCUT2D eigenvalue weighted by atomic mass is 32.2. The van der Waals surface area contributed by atoms with E-state index in [2.05, 4.69) is 14.8 Å². The van der Waals surface area contributed by atoms with Gasteiger partial charge in [-0.15, -0.1) is 0 Å². The first-order valence-corrected chi connectivity index (χ1v) is 16.7. The van der Waals surface area contributed by atoms with E-state index < -0.39 is 57.2 Å². The van der Waals surface area contributed by atoms with Crippen LogP contribution in [0, 0.1) is 0 Å². The lowest BCUT2D eigenvalue weighted by Crippen LogP contribution is -2.55. The molecule has 45 heavy (non-hydrogen) atoms. The standard InChI is InChI=1S/C30H35N5O8S2/c1-34(2)25-13-5-11-21-19(25)9-7-15-27(21)44(40,41)31-17-23(29(36)37)33-24(30(38)39)18-32-45(42,43)28-16-8-10-20-22(28)12-6-14-26(20)35(3)4/h5-16,23-24,31-33H,17-18H2,1-4H3,(H,36,37)(H,38,39). The summed E-state index contributed by atoms with van der Waals surface area (Å²) in [5.74, 6) is -3.07. The van der Waals surface area contributed by atoms with Crippen molar-refractivity contribution in [3.05, 3.63) is 72.8 Å². The van der Waals surface area contributed by atoms with Crippen LogP contribution in [0.15, 0.2) is 82.6 Å². The molecule has 0 radical (unpaired) electrons. The van der Waals surface area contributed by atoms with Crippen LogP contribution in [0.25, 0.3) is 21.5 Å². The first-order valence-electron chi connectivity index (χ1n) is 13.7. The van der Waals surface area contributed by atoms with Crippen molar-refractivity contribution in [3.63, 3.8) is 0 Å². The minimum Gasteiger partial charge on any atom is -0.480 e. The van der Waals surface area contributed by atoms with Gasteiger partial charge >= 0.3 is 11.9 Å². The summed E-state index contributed by atoms with van der Waals surface area (Å²) in [7, 11) is -1.23. The first-order chi connectivity index (χ1) is 21.1. The summed E-state index contributed by atoms with van der Waals surface area (Å²) < 4.78 is 57.7. The Morgan fingerprint density at radius 2 is 0.933 bits per heavy atom. The molecule has 0 aromatic heterocycles. The van der Waals surface area contributed by atoms with Crippen molar-refractivity contribution in [3.8, 4) is 0 Å². The third kappa shape index (κ3) is 7.34. The van der Waals surface area contributed by atoms with Gasteiger partial charge in [0.25, 0.3) is 0 Å². The average Bonchev–Trinajstić information content (AvgIpc) is 2.98. The van der Waals surface area contributed by atoms with Crippen LogP contribution in [0.1, 0.15) is 0 Å². The molecule has 13 nitrogen and oxygen atoms in total. The molecule has 0 saturated carbocycles. The lowest BCUT2D eigenvalue weighted by Gasteiger charge is -2.22. The zero-order valence-corrected chi connectivity index (χ0v) is 26.7. The van der Waals surface area contributed by atoms with Gasteiger partial charge in [0.1, 0.15) is 12.1 Å². The lowest BCUT2D eigenvalue weighted by atomic mass is 10.1. The summed E-state index contributed by atoms with van der Waals surface area (Å²) in [5.41, 5.74) is 1.56. The quantitative estimate of drug-likeness (QED) is 0.133. The molecule has 2 atom stereocenters. The highest BCUT2D eigenvalue weighted by Crippen LogP contribution is 2.31. The summed E-state index contributed by atoms with van der Waals surface area (Å²) in [6.07, 6.45) is 0. The van der Waals surface area contributed by atoms with Gasteiger partial charge in [-0.2, -0.15) is 0 Å². The molecular weight excluding hydrogens is 622 g/mol. The number of hydrogen-bond acceptors (Lipinski definition) is 9. The number of aliphatic carboxylic acids is 2. The van der Waals surface area contributed by atoms with Crippen molar-refractivity contribution >= 4 is 64.9 Å². The van der Waals surface area contributed by atoms with E-state index >= 15 is 0 Å². The summed E-state index contributed by atoms with van der Waals surface area (Å²) >= 11 is 0. The van der Waals surface area contributed by atoms with Gasteiger partial charge in [-0.3, -0.25) is 14.9 Å². The van der Waals surface area contributed by atoms with E-state index in [-0.39, 0.29) is 9.79 Å². The fraction of sp³-hybridized carbons (Fsp3) is 0.267. The van der Waals surface area contributed by atoms with Gasteiger partial charge in [0.2, 0.25) is 20.0 Å². The Bertz CT molecular complexity index is 1820. The number of carbonyl (C=O) groups is 2. The highest BCUT2D eigenvalue weighted by Gasteiger charge is 2.30. The van der Waals surface area contributed by atoms with Crippen molar-refractivity contribution in [2.45, 2.75) is 21.9 Å². The van der Waals surface area contributed by atoms with Crippen molar-refractivity contribution in [1.82, 2.24) is 14.8 Å². The molecule has 4 rings (SSSR count). The molecule has 5 N–H and O–H groups in total. The van der Waals surface area contributed by atoms with Crippen LogP contribution in [-0.2, 0) is 29.6 Å². The Balaban J connectivity index is 1.53. The number of sulfonamides is 2. The molecule has 0 heterocycles. The molecule has 0 bridgehead atoms. The number of carboxylic acids is 2. The molecule has 0 aliphatic heterocycles. The monoisotopic (exact) mass is 657 g/mol. The van der Waals surface area contributed by atoms with E-state index in [0.717, 1.165) is 11.4 Å². The Morgan fingerprint density at radius 3 is 1.27 bits per heavy atom. The number of fused-ring (bicyclic) bond motifs is 2. The van der Waals surface area contributed by atoms with Gasteiger partial charge in [0.05, 0.1) is 9.79 Å². The van der Waals surface area contributed by atoms with Crippen molar-refractivity contribution in [2.24, 2.45) is 0 Å². The fourth-order valence-electron chi connectivity index (χ4n) is 5.00. The fourth-order valence-corrected chi connectivity index (χ4v) is 7.53. The first kappa shape index (κ1) is 33.6. The van der Waals surface area contributed by atoms with E-state index in [1.54, 1.807) is 48.5 Å². The van der Waals surface area contributed by atoms with Gasteiger partial charge in [-0.25, -0.2) is 26.3 Å². The Morgan fingerprint density at radius 1 is 0.600 bits per heavy atom. The number of hydrogen-bond donors (Lipinski definition) is 5. The number of anilines is 2. The SMILES string of the molecule is CN(C)c1cccc2c(S(=O)(=O)NCC(NC(CNS(=O)(=O)c3cccc4c(N(C)C)cccc34)C(=O)O)C(=O)O)cccc12. The Labute approximate surface area is 261 Å². The molecule has 4 aromatic carbocycles. The minimum atomic E-state index is -4.25. The molecule has 240 valence electrons. The van der Waals surface area contributed by atoms with Crippen LogP contribution >= 0.6 is 0 Å². The molecule has 2 unspecified atom stereocenters. The number of nitrogens with zero attached hydrogens (tertiary/aromatic N) is 2.